The molecule has 0 fully saturated rings. The van der Waals surface area contributed by atoms with E-state index in [9.17, 15) is 9.90 Å². The van der Waals surface area contributed by atoms with E-state index in [-0.39, 0.29) is 12.5 Å². The number of guanidine groups is 1. The lowest BCUT2D eigenvalue weighted by Crippen LogP contribution is -2.44. The smallest absolute Gasteiger partial charge is 0.251 e. The second-order valence-electron chi connectivity index (χ2n) is 6.79. The molecule has 4 N–H and O–H groups in total. The van der Waals surface area contributed by atoms with Crippen molar-refractivity contribution >= 4 is 11.9 Å². The van der Waals surface area contributed by atoms with Crippen LogP contribution in [0.3, 0.4) is 0 Å². The molecule has 7 heteroatoms. The van der Waals surface area contributed by atoms with Crippen molar-refractivity contribution in [1.82, 2.24) is 16.0 Å². The van der Waals surface area contributed by atoms with Crippen LogP contribution >= 0.6 is 0 Å². The van der Waals surface area contributed by atoms with E-state index in [1.807, 2.05) is 39.0 Å². The minimum atomic E-state index is -1.15. The van der Waals surface area contributed by atoms with E-state index < -0.39 is 5.60 Å². The molecule has 0 aliphatic rings. The van der Waals surface area contributed by atoms with E-state index in [4.69, 9.17) is 4.42 Å². The van der Waals surface area contributed by atoms with Crippen LogP contribution < -0.4 is 16.0 Å². The average Bonchev–Trinajstić information content (AvgIpc) is 3.12. The first-order valence-electron chi connectivity index (χ1n) is 9.54. The zero-order valence-electron chi connectivity index (χ0n) is 17.0. The number of nitrogens with one attached hydrogen (secondary N) is 3. The van der Waals surface area contributed by atoms with Gasteiger partial charge in [0.05, 0.1) is 13.1 Å². The molecule has 0 aliphatic heterocycles. The van der Waals surface area contributed by atoms with Gasteiger partial charge in [0.15, 0.2) is 5.96 Å². The van der Waals surface area contributed by atoms with E-state index >= 15 is 0 Å². The zero-order valence-corrected chi connectivity index (χ0v) is 17.0. The molecule has 1 amide bonds. The molecule has 152 valence electrons. The number of aryl methyl sites for hydroxylation is 1. The summed E-state index contributed by atoms with van der Waals surface area (Å²) in [5.74, 6) is 1.78. The third-order valence-electron chi connectivity index (χ3n) is 4.19. The van der Waals surface area contributed by atoms with Gasteiger partial charge in [0.25, 0.3) is 5.91 Å². The fourth-order valence-corrected chi connectivity index (χ4v) is 2.60. The first kappa shape index (κ1) is 21.5. The Kier molecular flexibility index (Phi) is 7.63. The van der Waals surface area contributed by atoms with E-state index in [0.717, 1.165) is 11.3 Å². The summed E-state index contributed by atoms with van der Waals surface area (Å²) in [7, 11) is 0. The van der Waals surface area contributed by atoms with Gasteiger partial charge in [-0.3, -0.25) is 4.79 Å². The standard InChI is InChI=1S/C21H30N4O3/c1-5-22-19(26)17-10-8-16(9-11-17)13-24-20(23-6-2)25-14-21(4,27)18-12-7-15(3)28-18/h7-12,27H,5-6,13-14H2,1-4H3,(H,22,26)(H2,23,24,25). The highest BCUT2D eigenvalue weighted by Crippen LogP contribution is 2.21. The Hall–Kier alpha value is -2.80. The van der Waals surface area contributed by atoms with Gasteiger partial charge in [-0.05, 0) is 57.5 Å². The first-order valence-corrected chi connectivity index (χ1v) is 9.54. The maximum absolute atomic E-state index is 11.8. The summed E-state index contributed by atoms with van der Waals surface area (Å²) >= 11 is 0. The Labute approximate surface area is 166 Å². The summed E-state index contributed by atoms with van der Waals surface area (Å²) in [6.45, 7) is 9.41. The summed E-state index contributed by atoms with van der Waals surface area (Å²) in [6.07, 6.45) is 0. The molecule has 0 spiro atoms. The van der Waals surface area contributed by atoms with Crippen molar-refractivity contribution in [3.8, 4) is 0 Å². The van der Waals surface area contributed by atoms with Gasteiger partial charge in [0, 0.05) is 18.7 Å². The second kappa shape index (κ2) is 9.94. The molecule has 1 atom stereocenters. The highest BCUT2D eigenvalue weighted by Gasteiger charge is 2.27. The van der Waals surface area contributed by atoms with E-state index in [2.05, 4.69) is 20.9 Å². The van der Waals surface area contributed by atoms with Crippen LogP contribution in [0.2, 0.25) is 0 Å². The van der Waals surface area contributed by atoms with Crippen LogP contribution in [0.5, 0.6) is 0 Å². The molecule has 1 heterocycles. The summed E-state index contributed by atoms with van der Waals surface area (Å²) in [6, 6.07) is 11.0. The molecule has 0 saturated heterocycles. The van der Waals surface area contributed by atoms with Crippen molar-refractivity contribution in [2.45, 2.75) is 39.8 Å². The number of benzene rings is 1. The Morgan fingerprint density at radius 3 is 2.32 bits per heavy atom. The molecule has 2 rings (SSSR count). The third-order valence-corrected chi connectivity index (χ3v) is 4.19. The van der Waals surface area contributed by atoms with Gasteiger partial charge in [-0.25, -0.2) is 4.99 Å². The van der Waals surface area contributed by atoms with Gasteiger partial charge in [0.2, 0.25) is 0 Å². The number of hydrogen-bond acceptors (Lipinski definition) is 4. The van der Waals surface area contributed by atoms with Crippen LogP contribution in [0.1, 0.15) is 48.2 Å². The number of nitrogens with zero attached hydrogens (tertiary/aromatic N) is 1. The number of furan rings is 1. The van der Waals surface area contributed by atoms with Crippen LogP contribution in [-0.2, 0) is 12.1 Å². The van der Waals surface area contributed by atoms with Crippen LogP contribution in [0, 0.1) is 6.92 Å². The number of amides is 1. The van der Waals surface area contributed by atoms with Gasteiger partial charge in [0.1, 0.15) is 17.1 Å². The van der Waals surface area contributed by atoms with Gasteiger partial charge >= 0.3 is 0 Å². The van der Waals surface area contributed by atoms with Crippen LogP contribution in [-0.4, -0.2) is 36.6 Å². The van der Waals surface area contributed by atoms with Crippen molar-refractivity contribution < 1.29 is 14.3 Å². The molecular formula is C21H30N4O3. The molecule has 0 bridgehead atoms. The topological polar surface area (TPSA) is 98.9 Å². The molecule has 0 aliphatic carbocycles. The van der Waals surface area contributed by atoms with Gasteiger partial charge in [-0.1, -0.05) is 12.1 Å². The Balaban J connectivity index is 1.99. The summed E-state index contributed by atoms with van der Waals surface area (Å²) in [5.41, 5.74) is 0.460. The number of hydrogen-bond donors (Lipinski definition) is 4. The van der Waals surface area contributed by atoms with Crippen molar-refractivity contribution in [3.05, 3.63) is 59.0 Å². The third kappa shape index (κ3) is 6.13. The Morgan fingerprint density at radius 1 is 1.07 bits per heavy atom. The van der Waals surface area contributed by atoms with E-state index in [1.165, 1.54) is 0 Å². The van der Waals surface area contributed by atoms with Crippen LogP contribution in [0.4, 0.5) is 0 Å². The fraction of sp³-hybridized carbons (Fsp3) is 0.429. The molecule has 28 heavy (non-hydrogen) atoms. The molecule has 0 radical (unpaired) electrons. The largest absolute Gasteiger partial charge is 0.463 e. The monoisotopic (exact) mass is 386 g/mol. The quantitative estimate of drug-likeness (QED) is 0.412. The minimum absolute atomic E-state index is 0.0806. The van der Waals surface area contributed by atoms with Gasteiger partial charge in [-0.2, -0.15) is 0 Å². The Morgan fingerprint density at radius 2 is 1.75 bits per heavy atom. The molecule has 1 aromatic heterocycles. The zero-order chi connectivity index (χ0) is 20.6. The maximum atomic E-state index is 11.8. The summed E-state index contributed by atoms with van der Waals surface area (Å²) in [4.78, 5) is 16.4. The Bertz CT molecular complexity index is 794. The van der Waals surface area contributed by atoms with Crippen LogP contribution in [0.15, 0.2) is 45.8 Å². The van der Waals surface area contributed by atoms with Crippen molar-refractivity contribution in [3.63, 3.8) is 0 Å². The highest BCUT2D eigenvalue weighted by molar-refractivity contribution is 5.94. The second-order valence-corrected chi connectivity index (χ2v) is 6.79. The molecule has 7 nitrogen and oxygen atoms in total. The lowest BCUT2D eigenvalue weighted by molar-refractivity contribution is 0.0378. The number of carbonyl (C=O) groups excluding carboxylic acids is 1. The molecule has 2 aromatic rings. The highest BCUT2D eigenvalue weighted by atomic mass is 16.4. The number of carbonyl (C=O) groups is 1. The lowest BCUT2D eigenvalue weighted by Gasteiger charge is -2.22. The SMILES string of the molecule is CCNC(=O)c1ccc(CN=C(NCC)NCC(C)(O)c2ccc(C)o2)cc1. The first-order chi connectivity index (χ1) is 13.4. The summed E-state index contributed by atoms with van der Waals surface area (Å²) < 4.78 is 5.53. The van der Waals surface area contributed by atoms with Crippen molar-refractivity contribution in [2.75, 3.05) is 19.6 Å². The molecule has 0 saturated carbocycles. The molecule has 1 unspecified atom stereocenters. The normalized spacial score (nSPS) is 13.7. The predicted octanol–water partition coefficient (Wildman–Crippen LogP) is 2.30. The summed E-state index contributed by atoms with van der Waals surface area (Å²) in [5, 5.41) is 19.7. The average molecular weight is 386 g/mol. The molecular weight excluding hydrogens is 356 g/mol. The fourth-order valence-electron chi connectivity index (χ4n) is 2.60. The van der Waals surface area contributed by atoms with Gasteiger partial charge in [-0.15, -0.1) is 0 Å². The number of aliphatic imine (C=N–C) groups is 1. The maximum Gasteiger partial charge on any atom is 0.251 e. The van der Waals surface area contributed by atoms with Crippen molar-refractivity contribution in [1.29, 1.82) is 0 Å². The minimum Gasteiger partial charge on any atom is -0.463 e. The number of aliphatic hydroxyl groups is 1. The predicted molar refractivity (Wildman–Crippen MR) is 110 cm³/mol. The number of rotatable bonds is 8. The molecule has 1 aromatic carbocycles. The van der Waals surface area contributed by atoms with Crippen molar-refractivity contribution in [2.24, 2.45) is 4.99 Å². The van der Waals surface area contributed by atoms with E-state index in [0.29, 0.717) is 36.9 Å². The van der Waals surface area contributed by atoms with Gasteiger partial charge < -0.3 is 25.5 Å². The van der Waals surface area contributed by atoms with E-state index in [1.54, 1.807) is 25.1 Å². The van der Waals surface area contributed by atoms with Crippen LogP contribution in [0.25, 0.3) is 0 Å². The lowest BCUT2D eigenvalue weighted by atomic mass is 10.0.